The molecule has 1 fully saturated rings. The van der Waals surface area contributed by atoms with Crippen molar-refractivity contribution in [2.75, 3.05) is 35.9 Å². The predicted molar refractivity (Wildman–Crippen MR) is 127 cm³/mol. The molecule has 2 heterocycles. The number of hydrogen-bond acceptors (Lipinski definition) is 6. The summed E-state index contributed by atoms with van der Waals surface area (Å²) in [7, 11) is -3.83. The number of sulfonamides is 1. The number of morpholine rings is 1. The molecule has 172 valence electrons. The second kappa shape index (κ2) is 10.0. The van der Waals surface area contributed by atoms with E-state index in [0.717, 1.165) is 30.0 Å². The van der Waals surface area contributed by atoms with Crippen LogP contribution in [0.15, 0.2) is 71.8 Å². The van der Waals surface area contributed by atoms with Crippen LogP contribution in [-0.2, 0) is 21.3 Å². The van der Waals surface area contributed by atoms with Crippen LogP contribution in [0.25, 0.3) is 0 Å². The zero-order valence-electron chi connectivity index (χ0n) is 18.3. The summed E-state index contributed by atoms with van der Waals surface area (Å²) in [4.78, 5) is 19.4. The van der Waals surface area contributed by atoms with Gasteiger partial charge in [-0.15, -0.1) is 0 Å². The van der Waals surface area contributed by atoms with Gasteiger partial charge < -0.3 is 15.0 Å². The van der Waals surface area contributed by atoms with Crippen molar-refractivity contribution in [2.45, 2.75) is 18.4 Å². The molecule has 0 atom stereocenters. The van der Waals surface area contributed by atoms with Crippen molar-refractivity contribution in [3.8, 4) is 0 Å². The molecule has 1 aliphatic heterocycles. The Balaban J connectivity index is 1.46. The Bertz CT molecular complexity index is 1240. The molecule has 0 bridgehead atoms. The van der Waals surface area contributed by atoms with E-state index in [-0.39, 0.29) is 22.9 Å². The van der Waals surface area contributed by atoms with Gasteiger partial charge in [0.1, 0.15) is 5.82 Å². The molecule has 1 aliphatic rings. The maximum Gasteiger partial charge on any atom is 0.261 e. The molecule has 1 saturated heterocycles. The van der Waals surface area contributed by atoms with E-state index in [9.17, 15) is 13.2 Å². The average molecular weight is 467 g/mol. The third-order valence-corrected chi connectivity index (χ3v) is 6.67. The summed E-state index contributed by atoms with van der Waals surface area (Å²) in [5, 5.41) is 2.88. The molecule has 33 heavy (non-hydrogen) atoms. The van der Waals surface area contributed by atoms with E-state index in [2.05, 4.69) is 19.9 Å². The van der Waals surface area contributed by atoms with E-state index in [1.165, 1.54) is 12.1 Å². The van der Waals surface area contributed by atoms with Gasteiger partial charge in [-0.25, -0.2) is 13.4 Å². The summed E-state index contributed by atoms with van der Waals surface area (Å²) < 4.78 is 33.6. The standard InChI is InChI=1S/C24H26N4O4S/c1-18-5-2-8-21(15-18)27-33(30,31)22-9-3-6-19(16-22)24(29)26-17-20-7-4-10-25-23(20)28-11-13-32-14-12-28/h2-10,15-16,27H,11-14,17H2,1H3,(H,26,29). The van der Waals surface area contributed by atoms with Crippen molar-refractivity contribution in [2.24, 2.45) is 0 Å². The summed E-state index contributed by atoms with van der Waals surface area (Å²) in [6.45, 7) is 4.92. The molecule has 2 N–H and O–H groups in total. The maximum atomic E-state index is 12.8. The highest BCUT2D eigenvalue weighted by Crippen LogP contribution is 2.20. The summed E-state index contributed by atoms with van der Waals surface area (Å²) in [6.07, 6.45) is 1.73. The fourth-order valence-corrected chi connectivity index (χ4v) is 4.73. The van der Waals surface area contributed by atoms with Gasteiger partial charge in [0.05, 0.1) is 18.1 Å². The Kier molecular flexibility index (Phi) is 6.90. The SMILES string of the molecule is Cc1cccc(NS(=O)(=O)c2cccc(C(=O)NCc3cccnc3N3CCOCC3)c2)c1. The van der Waals surface area contributed by atoms with Gasteiger partial charge in [-0.05, 0) is 48.9 Å². The van der Waals surface area contributed by atoms with E-state index in [4.69, 9.17) is 4.74 Å². The number of aromatic nitrogens is 1. The van der Waals surface area contributed by atoms with Crippen LogP contribution in [0.4, 0.5) is 11.5 Å². The molecule has 4 rings (SSSR count). The van der Waals surface area contributed by atoms with Crippen LogP contribution in [0.2, 0.25) is 0 Å². The lowest BCUT2D eigenvalue weighted by Crippen LogP contribution is -2.37. The van der Waals surface area contributed by atoms with Crippen molar-refractivity contribution in [1.29, 1.82) is 0 Å². The Morgan fingerprint density at radius 2 is 1.85 bits per heavy atom. The molecular weight excluding hydrogens is 440 g/mol. The van der Waals surface area contributed by atoms with Gasteiger partial charge in [-0.1, -0.05) is 24.3 Å². The predicted octanol–water partition coefficient (Wildman–Crippen LogP) is 2.96. The van der Waals surface area contributed by atoms with E-state index in [0.29, 0.717) is 18.9 Å². The maximum absolute atomic E-state index is 12.8. The quantitative estimate of drug-likeness (QED) is 0.555. The molecule has 0 radical (unpaired) electrons. The van der Waals surface area contributed by atoms with Crippen molar-refractivity contribution in [1.82, 2.24) is 10.3 Å². The number of aryl methyl sites for hydroxylation is 1. The highest BCUT2D eigenvalue weighted by molar-refractivity contribution is 7.92. The van der Waals surface area contributed by atoms with Crippen LogP contribution >= 0.6 is 0 Å². The number of anilines is 2. The summed E-state index contributed by atoms with van der Waals surface area (Å²) in [5.74, 6) is 0.458. The number of nitrogens with zero attached hydrogens (tertiary/aromatic N) is 2. The fraction of sp³-hybridized carbons (Fsp3) is 0.250. The first kappa shape index (κ1) is 22.8. The molecule has 3 aromatic rings. The minimum absolute atomic E-state index is 0.0204. The van der Waals surface area contributed by atoms with Gasteiger partial charge in [0, 0.05) is 42.6 Å². The molecular formula is C24H26N4O4S. The summed E-state index contributed by atoms with van der Waals surface area (Å²) >= 11 is 0. The highest BCUT2D eigenvalue weighted by atomic mass is 32.2. The Hall–Kier alpha value is -3.43. The topological polar surface area (TPSA) is 101 Å². The number of amides is 1. The molecule has 8 nitrogen and oxygen atoms in total. The van der Waals surface area contributed by atoms with Gasteiger partial charge >= 0.3 is 0 Å². The largest absolute Gasteiger partial charge is 0.378 e. The van der Waals surface area contributed by atoms with E-state index in [1.807, 2.05) is 25.1 Å². The number of hydrogen-bond donors (Lipinski definition) is 2. The second-order valence-electron chi connectivity index (χ2n) is 7.77. The zero-order chi connectivity index (χ0) is 23.3. The van der Waals surface area contributed by atoms with Crippen molar-refractivity contribution in [3.05, 3.63) is 83.6 Å². The van der Waals surface area contributed by atoms with Crippen LogP contribution in [-0.4, -0.2) is 45.6 Å². The van der Waals surface area contributed by atoms with E-state index in [1.54, 1.807) is 36.5 Å². The first-order chi connectivity index (χ1) is 15.9. The molecule has 9 heteroatoms. The molecule has 1 amide bonds. The molecule has 0 unspecified atom stereocenters. The summed E-state index contributed by atoms with van der Waals surface area (Å²) in [6, 6.07) is 16.8. The third kappa shape index (κ3) is 5.68. The first-order valence-electron chi connectivity index (χ1n) is 10.7. The minimum Gasteiger partial charge on any atom is -0.378 e. The van der Waals surface area contributed by atoms with E-state index >= 15 is 0 Å². The molecule has 1 aromatic heterocycles. The fourth-order valence-electron chi connectivity index (χ4n) is 3.63. The number of benzene rings is 2. The smallest absolute Gasteiger partial charge is 0.261 e. The summed E-state index contributed by atoms with van der Waals surface area (Å²) in [5.41, 5.74) is 2.56. The number of pyridine rings is 1. The normalized spacial score (nSPS) is 14.0. The second-order valence-corrected chi connectivity index (χ2v) is 9.45. The lowest BCUT2D eigenvalue weighted by atomic mass is 10.2. The van der Waals surface area contributed by atoms with Crippen molar-refractivity contribution in [3.63, 3.8) is 0 Å². The number of carbonyl (C=O) groups is 1. The first-order valence-corrected chi connectivity index (χ1v) is 12.1. The lowest BCUT2D eigenvalue weighted by Gasteiger charge is -2.29. The number of ether oxygens (including phenoxy) is 1. The minimum atomic E-state index is -3.83. The molecule has 0 saturated carbocycles. The van der Waals surface area contributed by atoms with Gasteiger partial charge in [-0.3, -0.25) is 9.52 Å². The van der Waals surface area contributed by atoms with Crippen molar-refractivity contribution < 1.29 is 17.9 Å². The third-order valence-electron chi connectivity index (χ3n) is 5.29. The molecule has 2 aromatic carbocycles. The van der Waals surface area contributed by atoms with Crippen LogP contribution in [0.5, 0.6) is 0 Å². The van der Waals surface area contributed by atoms with Crippen LogP contribution < -0.4 is 14.9 Å². The van der Waals surface area contributed by atoms with Crippen LogP contribution in [0.3, 0.4) is 0 Å². The Morgan fingerprint density at radius 3 is 2.64 bits per heavy atom. The number of rotatable bonds is 7. The van der Waals surface area contributed by atoms with Crippen molar-refractivity contribution >= 4 is 27.4 Å². The average Bonchev–Trinajstić information content (AvgIpc) is 2.83. The molecule has 0 aliphatic carbocycles. The monoisotopic (exact) mass is 466 g/mol. The number of carbonyl (C=O) groups excluding carboxylic acids is 1. The van der Waals surface area contributed by atoms with Crippen LogP contribution in [0, 0.1) is 6.92 Å². The Morgan fingerprint density at radius 1 is 1.06 bits per heavy atom. The van der Waals surface area contributed by atoms with Gasteiger partial charge in [0.25, 0.3) is 15.9 Å². The van der Waals surface area contributed by atoms with E-state index < -0.39 is 10.0 Å². The highest BCUT2D eigenvalue weighted by Gasteiger charge is 2.18. The zero-order valence-corrected chi connectivity index (χ0v) is 19.1. The van der Waals surface area contributed by atoms with Gasteiger partial charge in [-0.2, -0.15) is 0 Å². The number of nitrogens with one attached hydrogen (secondary N) is 2. The Labute approximate surface area is 193 Å². The molecule has 0 spiro atoms. The van der Waals surface area contributed by atoms with Gasteiger partial charge in [0.15, 0.2) is 0 Å². The van der Waals surface area contributed by atoms with Crippen LogP contribution in [0.1, 0.15) is 21.5 Å². The lowest BCUT2D eigenvalue weighted by molar-refractivity contribution is 0.0950. The van der Waals surface area contributed by atoms with Gasteiger partial charge in [0.2, 0.25) is 0 Å².